The lowest BCUT2D eigenvalue weighted by Gasteiger charge is -2.30. The van der Waals surface area contributed by atoms with E-state index >= 15 is 0 Å². The number of nitrogens with zero attached hydrogens (tertiary/aromatic N) is 1. The van der Waals surface area contributed by atoms with Crippen LogP contribution in [0.25, 0.3) is 0 Å². The standard InChI is InChI=1S/C16H28N4O5S/c17-8-4-3-5-10(15(23)24)19-20-14-11(18-16(20)25)9-26-12(14)6-1-2-7-13(21)22/h10-12,14,19H,1-9,17H2,(H,18,25)(H,21,22)(H,23,24)/t10-,11-,12-,14-/m0/s1. The molecule has 2 rings (SSSR count). The fraction of sp³-hybridized carbons (Fsp3) is 0.812. The van der Waals surface area contributed by atoms with Gasteiger partial charge in [-0.3, -0.25) is 14.6 Å². The van der Waals surface area contributed by atoms with Crippen LogP contribution in [0.2, 0.25) is 0 Å². The van der Waals surface area contributed by atoms with E-state index in [0.29, 0.717) is 25.8 Å². The second-order valence-corrected chi connectivity index (χ2v) is 8.00. The smallest absolute Gasteiger partial charge is 0.332 e. The largest absolute Gasteiger partial charge is 0.481 e. The molecule has 2 saturated heterocycles. The second kappa shape index (κ2) is 9.98. The molecule has 0 aromatic carbocycles. The lowest BCUT2D eigenvalue weighted by atomic mass is 10.0. The van der Waals surface area contributed by atoms with Crippen LogP contribution < -0.4 is 16.5 Å². The molecule has 0 radical (unpaired) electrons. The Labute approximate surface area is 157 Å². The van der Waals surface area contributed by atoms with Crippen molar-refractivity contribution in [3.63, 3.8) is 0 Å². The third kappa shape index (κ3) is 5.49. The zero-order chi connectivity index (χ0) is 19.1. The van der Waals surface area contributed by atoms with E-state index in [-0.39, 0.29) is 29.8 Å². The number of nitrogens with one attached hydrogen (secondary N) is 2. The van der Waals surface area contributed by atoms with E-state index < -0.39 is 18.0 Å². The molecular formula is C16H28N4O5S. The Morgan fingerprint density at radius 3 is 2.73 bits per heavy atom. The highest BCUT2D eigenvalue weighted by Crippen LogP contribution is 2.37. The Balaban J connectivity index is 1.93. The minimum absolute atomic E-state index is 0.0111. The van der Waals surface area contributed by atoms with Crippen LogP contribution in [0.3, 0.4) is 0 Å². The molecule has 0 bridgehead atoms. The summed E-state index contributed by atoms with van der Waals surface area (Å²) in [5, 5.41) is 22.7. The molecule has 26 heavy (non-hydrogen) atoms. The molecule has 6 N–H and O–H groups in total. The summed E-state index contributed by atoms with van der Waals surface area (Å²) in [7, 11) is 0. The van der Waals surface area contributed by atoms with E-state index in [0.717, 1.165) is 25.0 Å². The van der Waals surface area contributed by atoms with Crippen LogP contribution in [0, 0.1) is 0 Å². The highest BCUT2D eigenvalue weighted by Gasteiger charge is 2.49. The molecule has 2 fully saturated rings. The minimum atomic E-state index is -0.984. The summed E-state index contributed by atoms with van der Waals surface area (Å²) in [4.78, 5) is 34.4. The molecule has 0 aromatic heterocycles. The molecule has 0 aromatic rings. The predicted octanol–water partition coefficient (Wildman–Crippen LogP) is 0.596. The molecule has 4 atom stereocenters. The molecule has 2 amide bonds. The summed E-state index contributed by atoms with van der Waals surface area (Å²) in [6.07, 6.45) is 4.15. The van der Waals surface area contributed by atoms with E-state index in [4.69, 9.17) is 10.8 Å². The van der Waals surface area contributed by atoms with Crippen LogP contribution in [0.4, 0.5) is 4.79 Å². The molecule has 2 aliphatic heterocycles. The first-order valence-corrected chi connectivity index (χ1v) is 10.1. The van der Waals surface area contributed by atoms with Gasteiger partial charge in [0.15, 0.2) is 0 Å². The Hall–Kier alpha value is -1.52. The number of unbranched alkanes of at least 4 members (excludes halogenated alkanes) is 2. The number of hydrazine groups is 1. The van der Waals surface area contributed by atoms with Gasteiger partial charge in [0.1, 0.15) is 6.04 Å². The maximum Gasteiger partial charge on any atom is 0.332 e. The molecule has 0 aliphatic carbocycles. The molecular weight excluding hydrogens is 360 g/mol. The van der Waals surface area contributed by atoms with E-state index in [1.807, 2.05) is 0 Å². The van der Waals surface area contributed by atoms with E-state index in [1.165, 1.54) is 5.01 Å². The summed E-state index contributed by atoms with van der Waals surface area (Å²) >= 11 is 1.75. The summed E-state index contributed by atoms with van der Waals surface area (Å²) < 4.78 is 0. The van der Waals surface area contributed by atoms with Crippen LogP contribution in [-0.4, -0.2) is 68.9 Å². The summed E-state index contributed by atoms with van der Waals surface area (Å²) in [5.41, 5.74) is 8.37. The third-order valence-electron chi connectivity index (χ3n) is 4.78. The lowest BCUT2D eigenvalue weighted by molar-refractivity contribution is -0.141. The first kappa shape index (κ1) is 20.8. The number of carboxylic acids is 2. The summed E-state index contributed by atoms with van der Waals surface area (Å²) in [5.74, 6) is -1.00. The zero-order valence-corrected chi connectivity index (χ0v) is 15.5. The zero-order valence-electron chi connectivity index (χ0n) is 14.7. The topological polar surface area (TPSA) is 145 Å². The number of thioether (sulfide) groups is 1. The van der Waals surface area contributed by atoms with Crippen LogP contribution in [0.5, 0.6) is 0 Å². The maximum atomic E-state index is 12.3. The van der Waals surface area contributed by atoms with Gasteiger partial charge in [-0.15, -0.1) is 0 Å². The van der Waals surface area contributed by atoms with Gasteiger partial charge in [-0.2, -0.15) is 11.8 Å². The van der Waals surface area contributed by atoms with Gasteiger partial charge < -0.3 is 21.3 Å². The number of fused-ring (bicyclic) bond motifs is 1. The molecule has 0 spiro atoms. The van der Waals surface area contributed by atoms with Gasteiger partial charge in [0.25, 0.3) is 0 Å². The predicted molar refractivity (Wildman–Crippen MR) is 97.8 cm³/mol. The Kier molecular flexibility index (Phi) is 7.98. The van der Waals surface area contributed by atoms with Crippen molar-refractivity contribution in [3.8, 4) is 0 Å². The molecule has 9 nitrogen and oxygen atoms in total. The first-order valence-electron chi connectivity index (χ1n) is 9.06. The number of carbonyl (C=O) groups is 3. The summed E-state index contributed by atoms with van der Waals surface area (Å²) in [6.45, 7) is 0.510. The normalized spacial score (nSPS) is 25.8. The van der Waals surface area contributed by atoms with Gasteiger partial charge in [-0.25, -0.2) is 10.2 Å². The Morgan fingerprint density at radius 1 is 1.31 bits per heavy atom. The SMILES string of the molecule is NCCCC[C@H](NN1C(=O)N[C@H]2CS[C@@H](CCCCC(=O)O)[C@H]21)C(=O)O. The molecule has 148 valence electrons. The van der Waals surface area contributed by atoms with Gasteiger partial charge in [-0.05, 0) is 38.6 Å². The summed E-state index contributed by atoms with van der Waals surface area (Å²) in [6, 6.07) is -1.25. The van der Waals surface area contributed by atoms with Crippen molar-refractivity contribution in [1.29, 1.82) is 0 Å². The molecule has 2 heterocycles. The van der Waals surface area contributed by atoms with Gasteiger partial charge in [0.05, 0.1) is 12.1 Å². The van der Waals surface area contributed by atoms with Crippen LogP contribution >= 0.6 is 11.8 Å². The average Bonchev–Trinajstić information content (AvgIpc) is 3.10. The second-order valence-electron chi connectivity index (χ2n) is 6.73. The van der Waals surface area contributed by atoms with Crippen molar-refractivity contribution < 1.29 is 24.6 Å². The van der Waals surface area contributed by atoms with E-state index in [1.54, 1.807) is 11.8 Å². The van der Waals surface area contributed by atoms with Crippen molar-refractivity contribution in [2.45, 2.75) is 68.3 Å². The van der Waals surface area contributed by atoms with Crippen molar-refractivity contribution in [2.75, 3.05) is 12.3 Å². The van der Waals surface area contributed by atoms with Crippen LogP contribution in [0.15, 0.2) is 0 Å². The fourth-order valence-corrected chi connectivity index (χ4v) is 5.02. The monoisotopic (exact) mass is 388 g/mol. The van der Waals surface area contributed by atoms with E-state index in [2.05, 4.69) is 10.7 Å². The minimum Gasteiger partial charge on any atom is -0.481 e. The molecule has 2 aliphatic rings. The molecule has 0 unspecified atom stereocenters. The van der Waals surface area contributed by atoms with Gasteiger partial charge in [0.2, 0.25) is 0 Å². The van der Waals surface area contributed by atoms with Crippen molar-refractivity contribution in [2.24, 2.45) is 5.73 Å². The van der Waals surface area contributed by atoms with Crippen molar-refractivity contribution in [1.82, 2.24) is 15.8 Å². The van der Waals surface area contributed by atoms with Crippen LogP contribution in [-0.2, 0) is 9.59 Å². The highest BCUT2D eigenvalue weighted by molar-refractivity contribution is 8.00. The Morgan fingerprint density at radius 2 is 2.08 bits per heavy atom. The van der Waals surface area contributed by atoms with Crippen LogP contribution in [0.1, 0.15) is 44.9 Å². The van der Waals surface area contributed by atoms with E-state index in [9.17, 15) is 19.5 Å². The number of nitrogens with two attached hydrogens (primary N) is 1. The number of hydrogen-bond acceptors (Lipinski definition) is 6. The van der Waals surface area contributed by atoms with Gasteiger partial charge in [-0.1, -0.05) is 6.42 Å². The number of rotatable bonds is 12. The lowest BCUT2D eigenvalue weighted by Crippen LogP contribution is -2.55. The number of urea groups is 1. The fourth-order valence-electron chi connectivity index (χ4n) is 3.44. The quantitative estimate of drug-likeness (QED) is 0.241. The number of aliphatic carboxylic acids is 2. The average molecular weight is 388 g/mol. The number of carbonyl (C=O) groups excluding carboxylic acids is 1. The number of carboxylic acid groups (broad SMARTS) is 2. The van der Waals surface area contributed by atoms with Gasteiger partial charge >= 0.3 is 18.0 Å². The molecule has 10 heteroatoms. The third-order valence-corrected chi connectivity index (χ3v) is 6.27. The number of amides is 2. The van der Waals surface area contributed by atoms with Crippen molar-refractivity contribution >= 4 is 29.7 Å². The van der Waals surface area contributed by atoms with Gasteiger partial charge in [0, 0.05) is 17.4 Å². The number of hydrogen-bond donors (Lipinski definition) is 5. The van der Waals surface area contributed by atoms with Crippen molar-refractivity contribution in [3.05, 3.63) is 0 Å². The maximum absolute atomic E-state index is 12.3. The highest BCUT2D eigenvalue weighted by atomic mass is 32.2. The Bertz CT molecular complexity index is 521. The first-order chi connectivity index (χ1) is 12.4. The molecule has 0 saturated carbocycles.